The van der Waals surface area contributed by atoms with Gasteiger partial charge in [0.05, 0.1) is 28.5 Å². The Morgan fingerprint density at radius 1 is 1.37 bits per heavy atom. The van der Waals surface area contributed by atoms with Gasteiger partial charge in [-0.25, -0.2) is 13.7 Å². The van der Waals surface area contributed by atoms with Crippen molar-refractivity contribution in [2.45, 2.75) is 25.4 Å². The van der Waals surface area contributed by atoms with E-state index < -0.39 is 5.82 Å². The monoisotopic (exact) mass is 498 g/mol. The Hall–Kier alpha value is -3.17. The van der Waals surface area contributed by atoms with Gasteiger partial charge >= 0.3 is 0 Å². The predicted octanol–water partition coefficient (Wildman–Crippen LogP) is 3.79. The maximum absolute atomic E-state index is 14.4. The van der Waals surface area contributed by atoms with Crippen molar-refractivity contribution < 1.29 is 13.9 Å². The zero-order chi connectivity index (χ0) is 24.8. The van der Waals surface area contributed by atoms with E-state index in [-0.39, 0.29) is 22.6 Å². The molecule has 0 radical (unpaired) electrons. The highest BCUT2D eigenvalue weighted by molar-refractivity contribution is 7.98. The van der Waals surface area contributed by atoms with Gasteiger partial charge in [0.15, 0.2) is 11.6 Å². The fraction of sp³-hybridized carbons (Fsp3) is 0.375. The van der Waals surface area contributed by atoms with E-state index in [1.165, 1.54) is 49.5 Å². The summed E-state index contributed by atoms with van der Waals surface area (Å²) in [5.41, 5.74) is 0.925. The van der Waals surface area contributed by atoms with Crippen LogP contribution in [-0.2, 0) is 4.74 Å². The topological polar surface area (TPSA) is 115 Å². The molecule has 1 spiro atoms. The molecule has 35 heavy (non-hydrogen) atoms. The second-order valence-corrected chi connectivity index (χ2v) is 9.31. The quantitative estimate of drug-likeness (QED) is 0.437. The van der Waals surface area contributed by atoms with Gasteiger partial charge in [-0.3, -0.25) is 4.79 Å². The summed E-state index contributed by atoms with van der Waals surface area (Å²) in [5, 5.41) is 13.0. The second-order valence-electron chi connectivity index (χ2n) is 8.30. The Morgan fingerprint density at radius 2 is 2.20 bits per heavy atom. The SMILES string of the molecule is C1COC2(C1)CNC2.CCN(C)SNc1ccc(F)c(Oc2ccc3nc[nH]c(=O)c3c2)c1C#N. The third kappa shape index (κ3) is 5.74. The number of nitrogens with one attached hydrogen (secondary N) is 3. The van der Waals surface area contributed by atoms with Gasteiger partial charge in [0, 0.05) is 38.4 Å². The average molecular weight is 499 g/mol. The van der Waals surface area contributed by atoms with Gasteiger partial charge in [-0.1, -0.05) is 6.92 Å². The number of rotatable bonds is 6. The lowest BCUT2D eigenvalue weighted by Gasteiger charge is -2.37. The predicted molar refractivity (Wildman–Crippen MR) is 134 cm³/mol. The molecular formula is C24H27FN6O3S. The molecule has 5 rings (SSSR count). The van der Waals surface area contributed by atoms with Gasteiger partial charge < -0.3 is 24.5 Å². The first-order valence-corrected chi connectivity index (χ1v) is 12.1. The van der Waals surface area contributed by atoms with E-state index in [0.29, 0.717) is 22.2 Å². The van der Waals surface area contributed by atoms with Crippen molar-refractivity contribution >= 4 is 28.7 Å². The van der Waals surface area contributed by atoms with Crippen LogP contribution >= 0.6 is 12.1 Å². The molecule has 0 saturated carbocycles. The summed E-state index contributed by atoms with van der Waals surface area (Å²) >= 11 is 1.28. The summed E-state index contributed by atoms with van der Waals surface area (Å²) in [7, 11) is 1.88. The van der Waals surface area contributed by atoms with Crippen LogP contribution in [0.2, 0.25) is 0 Å². The molecular weight excluding hydrogens is 471 g/mol. The number of nitriles is 1. The van der Waals surface area contributed by atoms with Crippen molar-refractivity contribution in [1.82, 2.24) is 19.6 Å². The number of halogens is 1. The number of ether oxygens (including phenoxy) is 2. The summed E-state index contributed by atoms with van der Waals surface area (Å²) < 4.78 is 30.4. The van der Waals surface area contributed by atoms with E-state index in [0.717, 1.165) is 26.2 Å². The van der Waals surface area contributed by atoms with Crippen LogP contribution in [0.3, 0.4) is 0 Å². The van der Waals surface area contributed by atoms with E-state index in [1.807, 2.05) is 24.3 Å². The highest BCUT2D eigenvalue weighted by Crippen LogP contribution is 2.34. The Kier molecular flexibility index (Phi) is 7.87. The summed E-state index contributed by atoms with van der Waals surface area (Å²) in [6.45, 7) is 5.93. The lowest BCUT2D eigenvalue weighted by atomic mass is 9.94. The minimum atomic E-state index is -0.675. The number of hydrogen-bond donors (Lipinski definition) is 3. The molecule has 0 unspecified atom stereocenters. The van der Waals surface area contributed by atoms with Crippen LogP contribution in [0.15, 0.2) is 41.5 Å². The van der Waals surface area contributed by atoms with Crippen LogP contribution in [0.25, 0.3) is 10.9 Å². The highest BCUT2D eigenvalue weighted by atomic mass is 32.2. The molecule has 1 aromatic heterocycles. The minimum Gasteiger partial charge on any atom is -0.453 e. The van der Waals surface area contributed by atoms with E-state index in [2.05, 4.69) is 20.0 Å². The van der Waals surface area contributed by atoms with Crippen LogP contribution in [0, 0.1) is 17.1 Å². The number of nitrogens with zero attached hydrogens (tertiary/aromatic N) is 3. The molecule has 3 N–H and O–H groups in total. The Bertz CT molecular complexity index is 1280. The number of aromatic nitrogens is 2. The van der Waals surface area contributed by atoms with Crippen LogP contribution in [-0.4, -0.2) is 53.2 Å². The Morgan fingerprint density at radius 3 is 2.83 bits per heavy atom. The first-order valence-electron chi connectivity index (χ1n) is 11.3. The summed E-state index contributed by atoms with van der Waals surface area (Å²) in [6.07, 6.45) is 3.85. The van der Waals surface area contributed by atoms with Crippen molar-refractivity contribution in [3.8, 4) is 17.6 Å². The van der Waals surface area contributed by atoms with Crippen molar-refractivity contribution in [1.29, 1.82) is 5.26 Å². The molecule has 184 valence electrons. The van der Waals surface area contributed by atoms with Crippen LogP contribution < -0.4 is 20.3 Å². The fourth-order valence-electron chi connectivity index (χ4n) is 3.71. The van der Waals surface area contributed by atoms with Crippen LogP contribution in [0.4, 0.5) is 10.1 Å². The Labute approximate surface area is 206 Å². The van der Waals surface area contributed by atoms with Gasteiger partial charge in [-0.2, -0.15) is 5.26 Å². The van der Waals surface area contributed by atoms with Gasteiger partial charge in [-0.05, 0) is 50.2 Å². The molecule has 2 aliphatic heterocycles. The zero-order valence-electron chi connectivity index (χ0n) is 19.6. The molecule has 3 heterocycles. The van der Waals surface area contributed by atoms with Crippen LogP contribution in [0.5, 0.6) is 11.5 Å². The summed E-state index contributed by atoms with van der Waals surface area (Å²) in [6, 6.07) is 9.30. The minimum absolute atomic E-state index is 0.0344. The van der Waals surface area contributed by atoms with Crippen molar-refractivity contribution in [2.75, 3.05) is 38.0 Å². The molecule has 0 bridgehead atoms. The van der Waals surface area contributed by atoms with Gasteiger partial charge in [0.25, 0.3) is 5.56 Å². The molecule has 2 saturated heterocycles. The number of H-pyrrole nitrogens is 1. The standard InChI is InChI=1S/C18H16FN5O2S.C6H11NO/c1-3-24(2)27-23-16-7-5-14(19)17(13(16)9-20)26-11-4-6-15-12(8-11)18(25)22-10-21-15;1-2-6(8-3-1)4-7-5-6/h4-8,10,23H,3H2,1-2H3,(H,21,22,25);7H,1-5H2. The molecule has 0 aliphatic carbocycles. The Balaban J connectivity index is 0.000000301. The van der Waals surface area contributed by atoms with Crippen molar-refractivity contribution in [3.63, 3.8) is 0 Å². The lowest BCUT2D eigenvalue weighted by molar-refractivity contribution is -0.0358. The zero-order valence-corrected chi connectivity index (χ0v) is 20.4. The first kappa shape index (κ1) is 24.9. The van der Waals surface area contributed by atoms with Gasteiger partial charge in [-0.15, -0.1) is 0 Å². The number of benzene rings is 2. The third-order valence-corrected chi connectivity index (χ3v) is 6.77. The van der Waals surface area contributed by atoms with Gasteiger partial charge in [0.1, 0.15) is 17.4 Å². The van der Waals surface area contributed by atoms with E-state index in [1.54, 1.807) is 12.1 Å². The molecule has 2 aromatic carbocycles. The maximum atomic E-state index is 14.4. The summed E-state index contributed by atoms with van der Waals surface area (Å²) in [4.78, 5) is 18.4. The molecule has 2 aliphatic rings. The number of anilines is 1. The van der Waals surface area contributed by atoms with E-state index in [9.17, 15) is 14.4 Å². The van der Waals surface area contributed by atoms with Gasteiger partial charge in [0.2, 0.25) is 0 Å². The third-order valence-electron chi connectivity index (χ3n) is 5.89. The normalized spacial score (nSPS) is 15.9. The smallest absolute Gasteiger partial charge is 0.258 e. The van der Waals surface area contributed by atoms with Crippen molar-refractivity contribution in [3.05, 3.63) is 58.4 Å². The first-order chi connectivity index (χ1) is 16.9. The molecule has 3 aromatic rings. The molecule has 9 nitrogen and oxygen atoms in total. The number of aromatic amines is 1. The summed E-state index contributed by atoms with van der Waals surface area (Å²) in [5.74, 6) is -0.653. The van der Waals surface area contributed by atoms with Crippen LogP contribution in [0.1, 0.15) is 25.3 Å². The molecule has 0 atom stereocenters. The average Bonchev–Trinajstić information content (AvgIpc) is 3.36. The maximum Gasteiger partial charge on any atom is 0.258 e. The largest absolute Gasteiger partial charge is 0.453 e. The highest BCUT2D eigenvalue weighted by Gasteiger charge is 2.40. The van der Waals surface area contributed by atoms with E-state index in [4.69, 9.17) is 9.47 Å². The number of fused-ring (bicyclic) bond motifs is 1. The number of hydrogen-bond acceptors (Lipinski definition) is 9. The molecule has 0 amide bonds. The second kappa shape index (κ2) is 11.0. The van der Waals surface area contributed by atoms with Crippen molar-refractivity contribution in [2.24, 2.45) is 0 Å². The molecule has 11 heteroatoms. The lowest BCUT2D eigenvalue weighted by Crippen LogP contribution is -2.58. The van der Waals surface area contributed by atoms with E-state index >= 15 is 0 Å². The molecule has 2 fully saturated rings. The fourth-order valence-corrected chi connectivity index (χ4v) is 4.27.